The van der Waals surface area contributed by atoms with Gasteiger partial charge in [0.1, 0.15) is 11.5 Å². The number of benzene rings is 3. The predicted octanol–water partition coefficient (Wildman–Crippen LogP) is 6.57. The normalized spacial score (nSPS) is 10.4. The van der Waals surface area contributed by atoms with E-state index in [-0.39, 0.29) is 5.97 Å². The van der Waals surface area contributed by atoms with E-state index in [1.165, 1.54) is 6.08 Å². The van der Waals surface area contributed by atoms with E-state index in [1.807, 2.05) is 31.2 Å². The Morgan fingerprint density at radius 2 is 1.38 bits per heavy atom. The Hall–Kier alpha value is -4.19. The van der Waals surface area contributed by atoms with Crippen LogP contribution in [0.2, 0.25) is 0 Å². The Labute approximate surface area is 217 Å². The van der Waals surface area contributed by atoms with Crippen LogP contribution in [0.1, 0.15) is 63.1 Å². The third-order valence-corrected chi connectivity index (χ3v) is 5.81. The van der Waals surface area contributed by atoms with Crippen LogP contribution >= 0.6 is 0 Å². The highest BCUT2D eigenvalue weighted by Gasteiger charge is 2.13. The van der Waals surface area contributed by atoms with Gasteiger partial charge in [0.25, 0.3) is 0 Å². The van der Waals surface area contributed by atoms with Gasteiger partial charge in [-0.2, -0.15) is 0 Å². The summed E-state index contributed by atoms with van der Waals surface area (Å²) in [5.41, 5.74) is 3.81. The molecule has 0 aliphatic carbocycles. The van der Waals surface area contributed by atoms with Crippen LogP contribution in [0.5, 0.6) is 11.5 Å². The molecule has 0 aliphatic rings. The molecule has 0 N–H and O–H groups in total. The van der Waals surface area contributed by atoms with Crippen LogP contribution in [0.25, 0.3) is 0 Å². The van der Waals surface area contributed by atoms with Gasteiger partial charge in [-0.15, -0.1) is 0 Å². The van der Waals surface area contributed by atoms with E-state index in [4.69, 9.17) is 14.2 Å². The number of hydrogen-bond donors (Lipinski definition) is 0. The maximum atomic E-state index is 12.6. The van der Waals surface area contributed by atoms with E-state index in [0.29, 0.717) is 34.8 Å². The molecule has 0 fully saturated rings. The average molecular weight is 501 g/mol. The topological polar surface area (TPSA) is 78.9 Å². The minimum atomic E-state index is -0.454. The molecule has 0 aliphatic heterocycles. The molecular formula is C31H32O6. The SMILES string of the molecule is C=CC(=O)OCCCCCCc1ccc(C(=O)Oc2ccc(OC(=O)c3ccc(C)cc3)c(C)c2)cc1. The van der Waals surface area contributed by atoms with Crippen LogP contribution < -0.4 is 9.47 Å². The van der Waals surface area contributed by atoms with Crippen LogP contribution in [-0.2, 0) is 16.0 Å². The maximum absolute atomic E-state index is 12.6. The largest absolute Gasteiger partial charge is 0.463 e. The van der Waals surface area contributed by atoms with Crippen LogP contribution in [0.3, 0.4) is 0 Å². The number of rotatable bonds is 12. The second-order valence-corrected chi connectivity index (χ2v) is 8.81. The zero-order valence-corrected chi connectivity index (χ0v) is 21.3. The van der Waals surface area contributed by atoms with Gasteiger partial charge in [-0.1, -0.05) is 49.2 Å². The standard InChI is InChI=1S/C31H32O6/c1-4-29(32)35-20-8-6-5-7-9-24-12-16-26(17-13-24)30(33)36-27-18-19-28(23(3)21-27)37-31(34)25-14-10-22(2)11-15-25/h4,10-19,21H,1,5-9,20H2,2-3H3. The van der Waals surface area contributed by atoms with Crippen molar-refractivity contribution in [2.45, 2.75) is 46.0 Å². The van der Waals surface area contributed by atoms with Gasteiger partial charge in [0.2, 0.25) is 0 Å². The van der Waals surface area contributed by atoms with Gasteiger partial charge in [-0.05, 0) is 86.7 Å². The Morgan fingerprint density at radius 1 is 0.757 bits per heavy atom. The number of esters is 3. The second kappa shape index (κ2) is 13.8. The van der Waals surface area contributed by atoms with Crippen LogP contribution in [-0.4, -0.2) is 24.5 Å². The minimum Gasteiger partial charge on any atom is -0.463 e. The number of hydrogen-bond acceptors (Lipinski definition) is 6. The molecule has 0 aromatic heterocycles. The minimum absolute atomic E-state index is 0.375. The molecule has 0 saturated heterocycles. The Balaban J connectivity index is 1.45. The zero-order valence-electron chi connectivity index (χ0n) is 21.3. The first-order valence-corrected chi connectivity index (χ1v) is 12.4. The lowest BCUT2D eigenvalue weighted by Crippen LogP contribution is -2.10. The zero-order chi connectivity index (χ0) is 26.6. The lowest BCUT2D eigenvalue weighted by Gasteiger charge is -2.10. The van der Waals surface area contributed by atoms with Gasteiger partial charge in [0.05, 0.1) is 17.7 Å². The molecule has 0 spiro atoms. The summed E-state index contributed by atoms with van der Waals surface area (Å²) in [6.07, 6.45) is 5.94. The number of aryl methyl sites for hydroxylation is 3. The smallest absolute Gasteiger partial charge is 0.343 e. The van der Waals surface area contributed by atoms with Crippen LogP contribution in [0.15, 0.2) is 79.4 Å². The molecule has 6 heteroatoms. The van der Waals surface area contributed by atoms with Crippen LogP contribution in [0, 0.1) is 13.8 Å². The van der Waals surface area contributed by atoms with Gasteiger partial charge < -0.3 is 14.2 Å². The second-order valence-electron chi connectivity index (χ2n) is 8.81. The number of carbonyl (C=O) groups is 3. The molecule has 3 aromatic carbocycles. The fraction of sp³-hybridized carbons (Fsp3) is 0.258. The highest BCUT2D eigenvalue weighted by molar-refractivity contribution is 5.92. The van der Waals surface area contributed by atoms with Crippen molar-refractivity contribution in [3.63, 3.8) is 0 Å². The van der Waals surface area contributed by atoms with Crippen molar-refractivity contribution in [3.8, 4) is 11.5 Å². The summed E-state index contributed by atoms with van der Waals surface area (Å²) in [6, 6.07) is 19.4. The van der Waals surface area contributed by atoms with Crippen molar-refractivity contribution in [1.29, 1.82) is 0 Å². The fourth-order valence-electron chi connectivity index (χ4n) is 3.64. The molecule has 0 atom stereocenters. The quantitative estimate of drug-likeness (QED) is 0.121. The number of unbranched alkanes of at least 4 members (excludes halogenated alkanes) is 3. The van der Waals surface area contributed by atoms with Crippen molar-refractivity contribution in [2.75, 3.05) is 6.61 Å². The van der Waals surface area contributed by atoms with E-state index in [1.54, 1.807) is 49.4 Å². The van der Waals surface area contributed by atoms with Gasteiger partial charge in [0, 0.05) is 6.08 Å². The summed E-state index contributed by atoms with van der Waals surface area (Å²) in [5, 5.41) is 0. The highest BCUT2D eigenvalue weighted by Crippen LogP contribution is 2.25. The summed E-state index contributed by atoms with van der Waals surface area (Å²) in [7, 11) is 0. The third-order valence-electron chi connectivity index (χ3n) is 5.81. The first kappa shape index (κ1) is 27.4. The predicted molar refractivity (Wildman–Crippen MR) is 142 cm³/mol. The first-order chi connectivity index (χ1) is 17.9. The number of carbonyl (C=O) groups excluding carboxylic acids is 3. The maximum Gasteiger partial charge on any atom is 0.343 e. The van der Waals surface area contributed by atoms with E-state index in [2.05, 4.69) is 6.58 Å². The molecule has 6 nitrogen and oxygen atoms in total. The van der Waals surface area contributed by atoms with Crippen LogP contribution in [0.4, 0.5) is 0 Å². The molecule has 0 radical (unpaired) electrons. The summed E-state index contributed by atoms with van der Waals surface area (Å²) >= 11 is 0. The fourth-order valence-corrected chi connectivity index (χ4v) is 3.64. The molecule has 3 aromatic rings. The monoisotopic (exact) mass is 500 g/mol. The van der Waals surface area contributed by atoms with E-state index in [0.717, 1.165) is 43.2 Å². The lowest BCUT2D eigenvalue weighted by molar-refractivity contribution is -0.137. The summed E-state index contributed by atoms with van der Waals surface area (Å²) in [4.78, 5) is 36.0. The third kappa shape index (κ3) is 8.76. The summed E-state index contributed by atoms with van der Waals surface area (Å²) < 4.78 is 16.0. The molecule has 192 valence electrons. The van der Waals surface area contributed by atoms with Crippen molar-refractivity contribution >= 4 is 17.9 Å². The van der Waals surface area contributed by atoms with Gasteiger partial charge in [-0.25, -0.2) is 14.4 Å². The molecule has 37 heavy (non-hydrogen) atoms. The molecule has 0 saturated carbocycles. The summed E-state index contributed by atoms with van der Waals surface area (Å²) in [5.74, 6) is -0.496. The van der Waals surface area contributed by atoms with Gasteiger partial charge >= 0.3 is 17.9 Å². The molecule has 0 unspecified atom stereocenters. The lowest BCUT2D eigenvalue weighted by atomic mass is 10.0. The Morgan fingerprint density at radius 3 is 2.03 bits per heavy atom. The molecular weight excluding hydrogens is 468 g/mol. The van der Waals surface area contributed by atoms with Crippen molar-refractivity contribution in [2.24, 2.45) is 0 Å². The highest BCUT2D eigenvalue weighted by atomic mass is 16.5. The Kier molecular flexibility index (Phi) is 10.2. The molecule has 0 bridgehead atoms. The summed E-state index contributed by atoms with van der Waals surface area (Å²) in [6.45, 7) is 7.53. The molecule has 0 amide bonds. The van der Waals surface area contributed by atoms with Gasteiger partial charge in [-0.3, -0.25) is 0 Å². The average Bonchev–Trinajstić information content (AvgIpc) is 2.90. The van der Waals surface area contributed by atoms with Gasteiger partial charge in [0.15, 0.2) is 0 Å². The van der Waals surface area contributed by atoms with Crippen molar-refractivity contribution < 1.29 is 28.6 Å². The molecule has 3 rings (SSSR count). The van der Waals surface area contributed by atoms with E-state index in [9.17, 15) is 14.4 Å². The first-order valence-electron chi connectivity index (χ1n) is 12.4. The molecule has 0 heterocycles. The van der Waals surface area contributed by atoms with Crippen molar-refractivity contribution in [1.82, 2.24) is 0 Å². The van der Waals surface area contributed by atoms with E-state index >= 15 is 0 Å². The van der Waals surface area contributed by atoms with E-state index < -0.39 is 11.9 Å². The number of ether oxygens (including phenoxy) is 3. The Bertz CT molecular complexity index is 1230. The van der Waals surface area contributed by atoms with Crippen molar-refractivity contribution in [3.05, 3.63) is 107 Å².